The van der Waals surface area contributed by atoms with E-state index in [0.717, 1.165) is 12.8 Å². The van der Waals surface area contributed by atoms with Gasteiger partial charge in [0.1, 0.15) is 0 Å². The first kappa shape index (κ1) is 13.2. The van der Waals surface area contributed by atoms with Crippen LogP contribution in [0, 0.1) is 0 Å². The van der Waals surface area contributed by atoms with E-state index < -0.39 is 11.2 Å². The Morgan fingerprint density at radius 1 is 0.933 bits per heavy atom. The van der Waals surface area contributed by atoms with E-state index in [-0.39, 0.29) is 6.61 Å². The van der Waals surface area contributed by atoms with Crippen LogP contribution in [0.3, 0.4) is 0 Å². The maximum absolute atomic E-state index is 7.81. The first-order chi connectivity index (χ1) is 7.33. The third-order valence-electron chi connectivity index (χ3n) is 1.65. The minimum absolute atomic E-state index is 0.208. The van der Waals surface area contributed by atoms with E-state index in [1.807, 2.05) is 0 Å². The van der Waals surface area contributed by atoms with Gasteiger partial charge in [-0.2, -0.15) is 0 Å². The average molecular weight is 242 g/mol. The van der Waals surface area contributed by atoms with Crippen molar-refractivity contribution in [2.45, 2.75) is 12.8 Å². The summed E-state index contributed by atoms with van der Waals surface area (Å²) in [5.41, 5.74) is 3.35. The molecule has 2 rings (SSSR count). The van der Waals surface area contributed by atoms with Crippen molar-refractivity contribution >= 4 is 11.2 Å². The number of quaternary nitrogens is 1. The van der Waals surface area contributed by atoms with Crippen molar-refractivity contribution in [2.75, 3.05) is 39.6 Å². The number of aliphatic hydroxyl groups is 1. The summed E-state index contributed by atoms with van der Waals surface area (Å²) in [5, 5.41) is 7.81. The predicted octanol–water partition coefficient (Wildman–Crippen LogP) is -0.455. The van der Waals surface area contributed by atoms with Crippen LogP contribution in [-0.4, -0.2) is 44.7 Å². The van der Waals surface area contributed by atoms with Crippen LogP contribution in [0.25, 0.3) is 0 Å². The summed E-state index contributed by atoms with van der Waals surface area (Å²) in [4.78, 5) is 0. The average Bonchev–Trinajstić information content (AvgIpc) is 2.31. The number of rotatable bonds is 1. The van der Waals surface area contributed by atoms with Gasteiger partial charge in [-0.25, -0.2) is 0 Å². The van der Waals surface area contributed by atoms with Gasteiger partial charge in [-0.3, -0.25) is 16.7 Å². The zero-order chi connectivity index (χ0) is 11.0. The first-order valence-electron chi connectivity index (χ1n) is 5.14. The molecule has 2 aliphatic rings. The Hall–Kier alpha value is 0.110. The summed E-state index contributed by atoms with van der Waals surface area (Å²) in [5.74, 6) is 0. The Morgan fingerprint density at radius 2 is 1.27 bits per heavy atom. The first-order valence-corrected chi connectivity index (χ1v) is 6.47. The monoisotopic (exact) mass is 242 g/mol. The van der Waals surface area contributed by atoms with Crippen LogP contribution in [0.15, 0.2) is 0 Å². The van der Waals surface area contributed by atoms with E-state index in [1.54, 1.807) is 0 Å². The predicted molar refractivity (Wildman–Crippen MR) is 55.5 cm³/mol. The molecule has 0 aromatic heterocycles. The largest absolute Gasteiger partial charge is 0.391 e. The second-order valence-electron chi connectivity index (χ2n) is 2.98. The molecule has 0 aromatic rings. The molecule has 1 spiro atoms. The van der Waals surface area contributed by atoms with Gasteiger partial charge in [-0.15, -0.1) is 0 Å². The van der Waals surface area contributed by atoms with Crippen molar-refractivity contribution in [3.63, 3.8) is 0 Å². The molecule has 6 nitrogen and oxygen atoms in total. The molecule has 15 heavy (non-hydrogen) atoms. The van der Waals surface area contributed by atoms with E-state index in [4.69, 9.17) is 21.8 Å². The van der Waals surface area contributed by atoms with E-state index in [9.17, 15) is 0 Å². The van der Waals surface area contributed by atoms with Gasteiger partial charge >= 0.3 is 0 Å². The van der Waals surface area contributed by atoms with Crippen molar-refractivity contribution < 1.29 is 27.6 Å². The topological polar surface area (TPSA) is 84.8 Å². The third kappa shape index (κ3) is 4.64. The fraction of sp³-hybridized carbons (Fsp3) is 1.00. The van der Waals surface area contributed by atoms with Crippen molar-refractivity contribution in [2.24, 2.45) is 0 Å². The van der Waals surface area contributed by atoms with E-state index >= 15 is 0 Å². The summed E-state index contributed by atoms with van der Waals surface area (Å²) in [6.45, 7) is 3.59. The maximum Gasteiger partial charge on any atom is 0.224 e. The minimum Gasteiger partial charge on any atom is -0.391 e. The highest BCUT2D eigenvalue weighted by atomic mass is 32.3. The summed E-state index contributed by atoms with van der Waals surface area (Å²) < 4.78 is 21.3. The quantitative estimate of drug-likeness (QED) is 0.650. The summed E-state index contributed by atoms with van der Waals surface area (Å²) in [7, 11) is 0. The van der Waals surface area contributed by atoms with Crippen LogP contribution < -0.4 is 5.73 Å². The molecule has 2 fully saturated rings. The highest BCUT2D eigenvalue weighted by Gasteiger charge is 2.34. The lowest BCUT2D eigenvalue weighted by molar-refractivity contribution is -0.372. The molecule has 0 unspecified atom stereocenters. The van der Waals surface area contributed by atoms with E-state index in [2.05, 4.69) is 5.73 Å². The lowest BCUT2D eigenvalue weighted by atomic mass is 10.5. The second-order valence-corrected chi connectivity index (χ2v) is 4.74. The molecule has 0 radical (unpaired) electrons. The van der Waals surface area contributed by atoms with Crippen LogP contribution in [0.5, 0.6) is 0 Å². The van der Waals surface area contributed by atoms with Gasteiger partial charge in [0.2, 0.25) is 11.2 Å². The molecule has 92 valence electrons. The van der Waals surface area contributed by atoms with E-state index in [0.29, 0.717) is 33.0 Å². The zero-order valence-electron chi connectivity index (χ0n) is 8.85. The van der Waals surface area contributed by atoms with Crippen LogP contribution in [-0.2, 0) is 16.7 Å². The van der Waals surface area contributed by atoms with Gasteiger partial charge in [0, 0.05) is 0 Å². The van der Waals surface area contributed by atoms with Gasteiger partial charge in [-0.1, -0.05) is 0 Å². The van der Waals surface area contributed by atoms with Crippen LogP contribution in [0.1, 0.15) is 12.8 Å². The van der Waals surface area contributed by atoms with E-state index in [1.165, 1.54) is 0 Å². The normalized spacial score (nSPS) is 26.5. The Labute approximate surface area is 91.8 Å². The standard InChI is InChI=1S/C6H12O4S.C2H7NO/c1-3-7-11(8-4-1)9-5-2-6-10-11;3-1-2-4/h1-6H2;4H,1-3H2/p+1. The smallest absolute Gasteiger partial charge is 0.224 e. The Bertz CT molecular complexity index is 138. The van der Waals surface area contributed by atoms with Crippen molar-refractivity contribution in [3.8, 4) is 0 Å². The molecule has 2 saturated heterocycles. The van der Waals surface area contributed by atoms with Gasteiger partial charge in [0.05, 0.1) is 39.6 Å². The number of hydrogen-bond donors (Lipinski definition) is 2. The highest BCUT2D eigenvalue weighted by molar-refractivity contribution is 8.17. The molecule has 0 aromatic carbocycles. The Kier molecular flexibility index (Phi) is 6.50. The van der Waals surface area contributed by atoms with Gasteiger partial charge < -0.3 is 10.8 Å². The Morgan fingerprint density at radius 3 is 1.53 bits per heavy atom. The van der Waals surface area contributed by atoms with Gasteiger partial charge in [-0.05, 0) is 12.8 Å². The lowest BCUT2D eigenvalue weighted by Gasteiger charge is -2.40. The van der Waals surface area contributed by atoms with Crippen molar-refractivity contribution in [1.82, 2.24) is 0 Å². The SMILES string of the molecule is C1COS2(OC1)OCCCO2.[NH3+]CCO. The molecule has 0 bridgehead atoms. The summed E-state index contributed by atoms with van der Waals surface area (Å²) >= 11 is -2.00. The molecular weight excluding hydrogens is 222 g/mol. The molecule has 2 aliphatic heterocycles. The molecular formula is C8H20NO5S+. The van der Waals surface area contributed by atoms with Crippen LogP contribution in [0.4, 0.5) is 0 Å². The number of hydrogen-bond acceptors (Lipinski definition) is 5. The minimum atomic E-state index is -2.00. The molecule has 7 heteroatoms. The summed E-state index contributed by atoms with van der Waals surface area (Å²) in [6, 6.07) is 0. The lowest BCUT2D eigenvalue weighted by Crippen LogP contribution is -2.51. The molecule has 4 N–H and O–H groups in total. The van der Waals surface area contributed by atoms with Crippen LogP contribution >= 0.6 is 11.2 Å². The molecule has 2 heterocycles. The zero-order valence-corrected chi connectivity index (χ0v) is 9.67. The fourth-order valence-corrected chi connectivity index (χ4v) is 2.66. The van der Waals surface area contributed by atoms with Crippen molar-refractivity contribution in [3.05, 3.63) is 0 Å². The molecule has 0 amide bonds. The van der Waals surface area contributed by atoms with Gasteiger partial charge in [0.25, 0.3) is 0 Å². The fourth-order valence-electron chi connectivity index (χ4n) is 0.966. The van der Waals surface area contributed by atoms with Crippen molar-refractivity contribution in [1.29, 1.82) is 0 Å². The maximum atomic E-state index is 7.81. The molecule has 0 saturated carbocycles. The highest BCUT2D eigenvalue weighted by Crippen LogP contribution is 2.56. The van der Waals surface area contributed by atoms with Crippen LogP contribution in [0.2, 0.25) is 0 Å². The molecule has 0 atom stereocenters. The summed E-state index contributed by atoms with van der Waals surface area (Å²) in [6.07, 6.45) is 1.86. The molecule has 0 aliphatic carbocycles. The second kappa shape index (κ2) is 7.39. The van der Waals surface area contributed by atoms with Gasteiger partial charge in [0.15, 0.2) is 0 Å². The third-order valence-corrected chi connectivity index (χ3v) is 3.47. The number of aliphatic hydroxyl groups excluding tert-OH is 1. The Balaban J connectivity index is 0.000000245.